The van der Waals surface area contributed by atoms with Crippen molar-refractivity contribution in [1.82, 2.24) is 0 Å². The van der Waals surface area contributed by atoms with Crippen LogP contribution in [-0.4, -0.2) is 17.3 Å². The minimum Gasteiger partial charge on any atom is -0.487 e. The molecule has 0 N–H and O–H groups in total. The molecule has 1 aromatic rings. The largest absolute Gasteiger partial charge is 0.487 e. The van der Waals surface area contributed by atoms with Crippen LogP contribution in [0.2, 0.25) is 0 Å². The van der Waals surface area contributed by atoms with Gasteiger partial charge in [-0.3, -0.25) is 0 Å². The summed E-state index contributed by atoms with van der Waals surface area (Å²) in [5.41, 5.74) is 0.727. The second-order valence-corrected chi connectivity index (χ2v) is 6.32. The summed E-state index contributed by atoms with van der Waals surface area (Å²) < 4.78 is 12.1. The molecule has 0 radical (unpaired) electrons. The molecular formula is C15H21ClO2. The van der Waals surface area contributed by atoms with E-state index in [0.717, 1.165) is 17.7 Å². The van der Waals surface area contributed by atoms with Crippen LogP contribution in [0, 0.1) is 0 Å². The number of hydrogen-bond donors (Lipinski definition) is 0. The van der Waals surface area contributed by atoms with Gasteiger partial charge in [-0.25, -0.2) is 0 Å². The molecule has 0 aliphatic carbocycles. The van der Waals surface area contributed by atoms with Gasteiger partial charge in [0.25, 0.3) is 0 Å². The van der Waals surface area contributed by atoms with Crippen molar-refractivity contribution in [1.29, 1.82) is 0 Å². The average molecular weight is 269 g/mol. The van der Waals surface area contributed by atoms with E-state index >= 15 is 0 Å². The van der Waals surface area contributed by atoms with E-state index in [0.29, 0.717) is 5.88 Å². The van der Waals surface area contributed by atoms with Crippen LogP contribution in [0.4, 0.5) is 0 Å². The Morgan fingerprint density at radius 1 is 1.22 bits per heavy atom. The first-order valence-corrected chi connectivity index (χ1v) is 6.88. The first-order chi connectivity index (χ1) is 8.32. The van der Waals surface area contributed by atoms with Gasteiger partial charge in [0, 0.05) is 12.3 Å². The molecule has 0 bridgehead atoms. The van der Waals surface area contributed by atoms with E-state index in [1.165, 1.54) is 0 Å². The minimum absolute atomic E-state index is 0.0781. The number of rotatable bonds is 3. The van der Waals surface area contributed by atoms with Crippen molar-refractivity contribution in [3.05, 3.63) is 29.8 Å². The zero-order valence-electron chi connectivity index (χ0n) is 11.5. The fourth-order valence-electron chi connectivity index (χ4n) is 2.52. The molecule has 1 aromatic carbocycles. The molecule has 0 amide bonds. The molecule has 1 unspecified atom stereocenters. The van der Waals surface area contributed by atoms with Crippen molar-refractivity contribution < 1.29 is 9.47 Å². The maximum absolute atomic E-state index is 6.06. The Hall–Kier alpha value is -0.730. The fourth-order valence-corrected chi connectivity index (χ4v) is 2.69. The van der Waals surface area contributed by atoms with Crippen LogP contribution >= 0.6 is 11.6 Å². The number of hydrogen-bond acceptors (Lipinski definition) is 2. The second kappa shape index (κ2) is 4.75. The molecule has 2 rings (SSSR count). The maximum atomic E-state index is 6.06. The van der Waals surface area contributed by atoms with Gasteiger partial charge in [0.05, 0.1) is 5.60 Å². The van der Waals surface area contributed by atoms with Crippen LogP contribution in [0.25, 0.3) is 0 Å². The van der Waals surface area contributed by atoms with E-state index in [4.69, 9.17) is 21.1 Å². The van der Waals surface area contributed by atoms with Gasteiger partial charge in [-0.15, -0.1) is 11.6 Å². The quantitative estimate of drug-likeness (QED) is 0.767. The molecule has 100 valence electrons. The average Bonchev–Trinajstić information content (AvgIpc) is 2.48. The molecule has 1 atom stereocenters. The summed E-state index contributed by atoms with van der Waals surface area (Å²) in [6, 6.07) is 7.94. The van der Waals surface area contributed by atoms with Gasteiger partial charge >= 0.3 is 0 Å². The third kappa shape index (κ3) is 2.99. The van der Waals surface area contributed by atoms with Crippen molar-refractivity contribution in [2.45, 2.75) is 57.3 Å². The van der Waals surface area contributed by atoms with Crippen LogP contribution in [0.3, 0.4) is 0 Å². The predicted molar refractivity (Wildman–Crippen MR) is 74.3 cm³/mol. The van der Waals surface area contributed by atoms with Crippen molar-refractivity contribution in [3.63, 3.8) is 0 Å². The molecule has 1 saturated heterocycles. The van der Waals surface area contributed by atoms with Crippen molar-refractivity contribution in [2.75, 3.05) is 0 Å². The Bertz CT molecular complexity index is 409. The zero-order valence-corrected chi connectivity index (χ0v) is 12.3. The summed E-state index contributed by atoms with van der Waals surface area (Å²) in [4.78, 5) is 0. The van der Waals surface area contributed by atoms with Gasteiger partial charge in [-0.1, -0.05) is 12.1 Å². The number of benzene rings is 1. The summed E-state index contributed by atoms with van der Waals surface area (Å²) in [7, 11) is 0. The number of alkyl halides is 1. The van der Waals surface area contributed by atoms with Crippen LogP contribution in [0.15, 0.2) is 24.3 Å². The molecule has 3 heteroatoms. The summed E-state index contributed by atoms with van der Waals surface area (Å²) in [5.74, 6) is 1.41. The highest BCUT2D eigenvalue weighted by Gasteiger charge is 2.47. The summed E-state index contributed by atoms with van der Waals surface area (Å²) >= 11 is 5.77. The summed E-state index contributed by atoms with van der Waals surface area (Å²) in [6.07, 6.45) is 0.978. The molecule has 0 spiro atoms. The summed E-state index contributed by atoms with van der Waals surface area (Å²) in [6.45, 7) is 8.38. The molecule has 0 aromatic heterocycles. The van der Waals surface area contributed by atoms with Gasteiger partial charge in [0.15, 0.2) is 0 Å². The van der Waals surface area contributed by atoms with E-state index in [2.05, 4.69) is 27.7 Å². The van der Waals surface area contributed by atoms with Gasteiger partial charge in [0.2, 0.25) is 0 Å². The Kier molecular flexibility index (Phi) is 3.61. The zero-order chi connectivity index (χ0) is 13.4. The second-order valence-electron chi connectivity index (χ2n) is 6.05. The Morgan fingerprint density at radius 2 is 1.83 bits per heavy atom. The Balaban J connectivity index is 2.09. The Labute approximate surface area is 114 Å². The van der Waals surface area contributed by atoms with Crippen LogP contribution in [0.1, 0.15) is 39.7 Å². The van der Waals surface area contributed by atoms with E-state index in [-0.39, 0.29) is 17.3 Å². The SMILES string of the molecule is CC1(C)CC(Oc2ccc(CCl)cc2)C(C)(C)O1. The number of ether oxygens (including phenoxy) is 2. The van der Waals surface area contributed by atoms with Gasteiger partial charge in [-0.2, -0.15) is 0 Å². The monoisotopic (exact) mass is 268 g/mol. The van der Waals surface area contributed by atoms with Crippen molar-refractivity contribution in [3.8, 4) is 5.75 Å². The third-order valence-electron chi connectivity index (χ3n) is 3.35. The van der Waals surface area contributed by atoms with Gasteiger partial charge in [0.1, 0.15) is 17.5 Å². The lowest BCUT2D eigenvalue weighted by Crippen LogP contribution is -2.36. The minimum atomic E-state index is -0.255. The molecule has 2 nitrogen and oxygen atoms in total. The molecule has 1 heterocycles. The van der Waals surface area contributed by atoms with E-state index in [1.54, 1.807) is 0 Å². The van der Waals surface area contributed by atoms with Crippen molar-refractivity contribution in [2.24, 2.45) is 0 Å². The summed E-state index contributed by atoms with van der Waals surface area (Å²) in [5, 5.41) is 0. The van der Waals surface area contributed by atoms with Gasteiger partial charge < -0.3 is 9.47 Å². The first-order valence-electron chi connectivity index (χ1n) is 6.34. The molecular weight excluding hydrogens is 248 g/mol. The lowest BCUT2D eigenvalue weighted by molar-refractivity contribution is -0.0846. The Morgan fingerprint density at radius 3 is 2.28 bits per heavy atom. The molecule has 0 saturated carbocycles. The molecule has 1 aliphatic rings. The standard InChI is InChI=1S/C15H21ClO2/c1-14(2)9-13(15(3,4)18-14)17-12-7-5-11(10-16)6-8-12/h5-8,13H,9-10H2,1-4H3. The van der Waals surface area contributed by atoms with E-state index in [9.17, 15) is 0 Å². The highest BCUT2D eigenvalue weighted by Crippen LogP contribution is 2.39. The maximum Gasteiger partial charge on any atom is 0.130 e. The molecule has 1 fully saturated rings. The van der Waals surface area contributed by atoms with E-state index < -0.39 is 0 Å². The molecule has 1 aliphatic heterocycles. The topological polar surface area (TPSA) is 18.5 Å². The fraction of sp³-hybridized carbons (Fsp3) is 0.600. The van der Waals surface area contributed by atoms with Crippen molar-refractivity contribution >= 4 is 11.6 Å². The number of halogens is 1. The highest BCUT2D eigenvalue weighted by atomic mass is 35.5. The normalized spacial score (nSPS) is 25.1. The smallest absolute Gasteiger partial charge is 0.130 e. The first kappa shape index (κ1) is 13.7. The van der Waals surface area contributed by atoms with Crippen LogP contribution in [-0.2, 0) is 10.6 Å². The predicted octanol–water partition coefficient (Wildman–Crippen LogP) is 4.15. The third-order valence-corrected chi connectivity index (χ3v) is 3.66. The lowest BCUT2D eigenvalue weighted by atomic mass is 9.97. The van der Waals surface area contributed by atoms with Gasteiger partial charge in [-0.05, 0) is 45.4 Å². The van der Waals surface area contributed by atoms with Crippen LogP contribution < -0.4 is 4.74 Å². The van der Waals surface area contributed by atoms with E-state index in [1.807, 2.05) is 24.3 Å². The highest BCUT2D eigenvalue weighted by molar-refractivity contribution is 6.17. The van der Waals surface area contributed by atoms with Crippen LogP contribution in [0.5, 0.6) is 5.75 Å². The molecule has 18 heavy (non-hydrogen) atoms. The lowest BCUT2D eigenvalue weighted by Gasteiger charge is -2.27.